The third-order valence-electron chi connectivity index (χ3n) is 14.6. The van der Waals surface area contributed by atoms with Gasteiger partial charge in [-0.25, -0.2) is 4.79 Å². The first kappa shape index (κ1) is 42.5. The molecule has 2 unspecified atom stereocenters. The van der Waals surface area contributed by atoms with Gasteiger partial charge in [0.1, 0.15) is 23.4 Å². The molecule has 5 N–H and O–H groups in total. The van der Waals surface area contributed by atoms with E-state index in [1.165, 1.54) is 0 Å². The highest BCUT2D eigenvalue weighted by atomic mass is 16.7. The Morgan fingerprint density at radius 2 is 1.51 bits per heavy atom. The van der Waals surface area contributed by atoms with Crippen LogP contribution in [0.25, 0.3) is 0 Å². The average Bonchev–Trinajstić information content (AvgIpc) is 3.23. The number of esters is 1. The molecular weight excluding hydrogens is 759 g/mol. The summed E-state index contributed by atoms with van der Waals surface area (Å²) in [7, 11) is 0. The Labute approximate surface area is 346 Å². The van der Waals surface area contributed by atoms with Crippen molar-refractivity contribution in [2.24, 2.45) is 16.7 Å². The molecular formula is C46H61NO12. The van der Waals surface area contributed by atoms with E-state index in [1.807, 2.05) is 20.8 Å². The number of aliphatic hydroxyl groups excluding tert-OH is 3. The lowest BCUT2D eigenvalue weighted by molar-refractivity contribution is -0.384. The van der Waals surface area contributed by atoms with Gasteiger partial charge in [-0.3, -0.25) is 4.79 Å². The number of carbonyl (C=O) groups is 2. The fraction of sp³-hybridized carbons (Fsp3) is 0.652. The number of nitrogens with one attached hydrogen (secondary N) is 1. The van der Waals surface area contributed by atoms with E-state index in [2.05, 4.69) is 5.32 Å². The van der Waals surface area contributed by atoms with Gasteiger partial charge in [0, 0.05) is 41.9 Å². The van der Waals surface area contributed by atoms with Crippen molar-refractivity contribution in [2.45, 2.75) is 152 Å². The number of fused-ring (bicyclic) bond motifs is 5. The van der Waals surface area contributed by atoms with Gasteiger partial charge in [-0.05, 0) is 87.1 Å². The smallest absolute Gasteiger partial charge is 0.338 e. The second-order valence-corrected chi connectivity index (χ2v) is 18.4. The highest BCUT2D eigenvalue weighted by Gasteiger charge is 2.74. The van der Waals surface area contributed by atoms with Gasteiger partial charge in [-0.2, -0.15) is 0 Å². The quantitative estimate of drug-likeness (QED) is 0.166. The zero-order valence-corrected chi connectivity index (χ0v) is 34.6. The van der Waals surface area contributed by atoms with Gasteiger partial charge in [-0.1, -0.05) is 69.3 Å². The Morgan fingerprint density at radius 3 is 2.12 bits per heavy atom. The number of aliphatic hydroxyl groups is 4. The maximum atomic E-state index is 14.5. The van der Waals surface area contributed by atoms with Crippen LogP contribution in [0.3, 0.4) is 0 Å². The van der Waals surface area contributed by atoms with Crippen LogP contribution in [0.2, 0.25) is 0 Å². The lowest BCUT2D eigenvalue weighted by Gasteiger charge is -2.69. The van der Waals surface area contributed by atoms with Crippen LogP contribution in [0.15, 0.2) is 71.8 Å². The van der Waals surface area contributed by atoms with Crippen LogP contribution >= 0.6 is 0 Å². The summed E-state index contributed by atoms with van der Waals surface area (Å²) in [6.07, 6.45) is -3.15. The van der Waals surface area contributed by atoms with Gasteiger partial charge in [0.05, 0.1) is 31.0 Å². The molecule has 2 saturated carbocycles. The van der Waals surface area contributed by atoms with Gasteiger partial charge in [0.2, 0.25) is 0 Å². The highest BCUT2D eigenvalue weighted by molar-refractivity contribution is 5.95. The van der Waals surface area contributed by atoms with Crippen LogP contribution < -0.4 is 5.32 Å². The molecule has 0 aromatic heterocycles. The molecule has 59 heavy (non-hydrogen) atoms. The topological polar surface area (TPSA) is 182 Å². The lowest BCUT2D eigenvalue weighted by Crippen LogP contribution is -2.80. The van der Waals surface area contributed by atoms with Gasteiger partial charge >= 0.3 is 5.97 Å². The van der Waals surface area contributed by atoms with Crippen LogP contribution in [0.1, 0.15) is 107 Å². The van der Waals surface area contributed by atoms with Crippen LogP contribution in [-0.4, -0.2) is 113 Å². The molecule has 322 valence electrons. The predicted octanol–water partition coefficient (Wildman–Crippen LogP) is 4.65. The number of benzene rings is 2. The second-order valence-electron chi connectivity index (χ2n) is 18.4. The molecule has 3 heterocycles. The normalized spacial score (nSPS) is 38.9. The van der Waals surface area contributed by atoms with E-state index >= 15 is 0 Å². The standard InChI is InChI=1S/C46H61NO12/c1-27-30(57-42(52)37(49)35(28-15-7-5-8-16-28)47-41(51)29-17-9-6-10-18-29)25-46(59-33-20-12-14-24-55-33)40(58-32-19-11-13-23-54-32)38-44(4,22-21-31-45(38,53)26-56-31)39(50)36(48)34(27)43(46,2)3/h5-10,15-18,30-33,35-40,48-50,53H,11-14,19-26H2,1-4H3,(H,47,51)/t30-,31+,32?,33?,35-,36+,37+,38-,39-,40-,44+,45-,46+/m0/s1. The Hall–Kier alpha value is -3.24. The van der Waals surface area contributed by atoms with Gasteiger partial charge in [0.25, 0.3) is 5.91 Å². The van der Waals surface area contributed by atoms with Gasteiger partial charge in [0.15, 0.2) is 18.7 Å². The van der Waals surface area contributed by atoms with Crippen molar-refractivity contribution >= 4 is 11.9 Å². The monoisotopic (exact) mass is 819 g/mol. The SMILES string of the molecule is CC1=C2[C@@H](O)[C@H](O)[C@]3(C)CC[C@H]4OC[C@@]4(O)[C@H]3[C@H](OC3CCCCO3)[C@](OC3CCCCO3)(C[C@@H]1OC(=O)[C@H](O)[C@@H](NC(=O)c1ccccc1)c1ccccc1)C2(C)C. The number of carbonyl (C=O) groups excluding carboxylic acids is 2. The zero-order valence-electron chi connectivity index (χ0n) is 34.6. The van der Waals surface area contributed by atoms with Gasteiger partial charge < -0.3 is 54.2 Å². The van der Waals surface area contributed by atoms with Crippen molar-refractivity contribution in [3.05, 3.63) is 82.9 Å². The summed E-state index contributed by atoms with van der Waals surface area (Å²) in [4.78, 5) is 27.9. The molecule has 13 atom stereocenters. The van der Waals surface area contributed by atoms with Crippen LogP contribution in [0, 0.1) is 16.7 Å². The van der Waals surface area contributed by atoms with Gasteiger partial charge in [-0.15, -0.1) is 0 Å². The average molecular weight is 820 g/mol. The molecule has 5 fully saturated rings. The predicted molar refractivity (Wildman–Crippen MR) is 213 cm³/mol. The molecule has 2 aromatic rings. The molecule has 3 aliphatic carbocycles. The Bertz CT molecular complexity index is 1850. The Morgan fingerprint density at radius 1 is 0.864 bits per heavy atom. The maximum Gasteiger partial charge on any atom is 0.338 e. The molecule has 8 rings (SSSR count). The second kappa shape index (κ2) is 16.6. The first-order valence-electron chi connectivity index (χ1n) is 21.5. The molecule has 0 spiro atoms. The summed E-state index contributed by atoms with van der Waals surface area (Å²) < 4.78 is 39.5. The van der Waals surface area contributed by atoms with E-state index in [-0.39, 0.29) is 13.0 Å². The molecule has 3 aliphatic heterocycles. The number of hydrogen-bond acceptors (Lipinski definition) is 12. The largest absolute Gasteiger partial charge is 0.456 e. The van der Waals surface area contributed by atoms with Crippen LogP contribution in [0.4, 0.5) is 0 Å². The molecule has 2 aromatic carbocycles. The minimum Gasteiger partial charge on any atom is -0.456 e. The molecule has 2 bridgehead atoms. The number of amides is 1. The van der Waals surface area contributed by atoms with Crippen molar-refractivity contribution in [3.8, 4) is 0 Å². The van der Waals surface area contributed by atoms with E-state index in [9.17, 15) is 30.0 Å². The molecule has 3 saturated heterocycles. The minimum atomic E-state index is -1.85. The van der Waals surface area contributed by atoms with Crippen molar-refractivity contribution in [2.75, 3.05) is 19.8 Å². The van der Waals surface area contributed by atoms with E-state index in [0.717, 1.165) is 25.7 Å². The third kappa shape index (κ3) is 7.38. The minimum absolute atomic E-state index is 0.00443. The summed E-state index contributed by atoms with van der Waals surface area (Å²) in [6, 6.07) is 16.1. The van der Waals surface area contributed by atoms with Crippen LogP contribution in [-0.2, 0) is 33.2 Å². The highest BCUT2D eigenvalue weighted by Crippen LogP contribution is 2.65. The van der Waals surface area contributed by atoms with E-state index in [1.54, 1.807) is 67.6 Å². The molecule has 13 heteroatoms. The number of rotatable bonds is 10. The summed E-state index contributed by atoms with van der Waals surface area (Å²) >= 11 is 0. The van der Waals surface area contributed by atoms with E-state index in [4.69, 9.17) is 28.4 Å². The third-order valence-corrected chi connectivity index (χ3v) is 14.6. The molecule has 1 amide bonds. The summed E-state index contributed by atoms with van der Waals surface area (Å²) in [6.45, 7) is 8.55. The fourth-order valence-electron chi connectivity index (χ4n) is 11.3. The van der Waals surface area contributed by atoms with Crippen molar-refractivity contribution < 1.29 is 58.4 Å². The van der Waals surface area contributed by atoms with Crippen molar-refractivity contribution in [3.63, 3.8) is 0 Å². The zero-order chi connectivity index (χ0) is 41.7. The first-order chi connectivity index (χ1) is 28.2. The molecule has 6 aliphatic rings. The van der Waals surface area contributed by atoms with Crippen LogP contribution in [0.5, 0.6) is 0 Å². The fourth-order valence-corrected chi connectivity index (χ4v) is 11.3. The lowest BCUT2D eigenvalue weighted by atomic mass is 9.45. The first-order valence-corrected chi connectivity index (χ1v) is 21.5. The summed E-state index contributed by atoms with van der Waals surface area (Å²) in [5.74, 6) is -2.33. The Kier molecular flexibility index (Phi) is 11.9. The van der Waals surface area contributed by atoms with E-state index in [0.29, 0.717) is 61.2 Å². The summed E-state index contributed by atoms with van der Waals surface area (Å²) in [5, 5.41) is 52.6. The molecule has 0 radical (unpaired) electrons. The number of ether oxygens (including phenoxy) is 6. The number of hydrogen-bond donors (Lipinski definition) is 5. The Balaban J connectivity index is 1.24. The summed E-state index contributed by atoms with van der Waals surface area (Å²) in [5.41, 5.74) is -3.37. The maximum absolute atomic E-state index is 14.5. The molecule has 13 nitrogen and oxygen atoms in total. The van der Waals surface area contributed by atoms with Crippen molar-refractivity contribution in [1.29, 1.82) is 0 Å². The van der Waals surface area contributed by atoms with E-state index < -0.39 is 95.1 Å². The van der Waals surface area contributed by atoms with Crippen molar-refractivity contribution in [1.82, 2.24) is 5.32 Å².